The number of aromatic nitrogens is 4. The maximum atomic E-state index is 9.33. The molecule has 0 atom stereocenters. The van der Waals surface area contributed by atoms with Crippen LogP contribution in [0.3, 0.4) is 0 Å². The molecule has 0 saturated carbocycles. The lowest BCUT2D eigenvalue weighted by atomic mass is 10.1. The van der Waals surface area contributed by atoms with Crippen LogP contribution in [-0.4, -0.2) is 25.1 Å². The SMILES string of the molecule is CCc1cccc2cc(CO)c3nnnn3c12. The lowest BCUT2D eigenvalue weighted by Gasteiger charge is -2.07. The first-order valence-electron chi connectivity index (χ1n) is 5.57. The van der Waals surface area contributed by atoms with Gasteiger partial charge in [-0.1, -0.05) is 25.1 Å². The first-order valence-corrected chi connectivity index (χ1v) is 5.57. The first-order chi connectivity index (χ1) is 8.35. The zero-order valence-electron chi connectivity index (χ0n) is 9.46. The van der Waals surface area contributed by atoms with Gasteiger partial charge >= 0.3 is 0 Å². The van der Waals surface area contributed by atoms with Crippen LogP contribution in [-0.2, 0) is 13.0 Å². The molecule has 1 aromatic carbocycles. The number of aliphatic hydroxyl groups excluding tert-OH is 1. The van der Waals surface area contributed by atoms with Gasteiger partial charge in [-0.2, -0.15) is 4.52 Å². The van der Waals surface area contributed by atoms with Gasteiger partial charge in [-0.15, -0.1) is 5.10 Å². The van der Waals surface area contributed by atoms with Gasteiger partial charge in [0, 0.05) is 10.9 Å². The van der Waals surface area contributed by atoms with Gasteiger partial charge in [0.1, 0.15) is 0 Å². The predicted octanol–water partition coefficient (Wildman–Crippen LogP) is 1.33. The number of rotatable bonds is 2. The van der Waals surface area contributed by atoms with Crippen molar-refractivity contribution in [1.82, 2.24) is 20.0 Å². The Morgan fingerprint density at radius 3 is 2.94 bits per heavy atom. The number of para-hydroxylation sites is 1. The van der Waals surface area contributed by atoms with Crippen molar-refractivity contribution in [3.05, 3.63) is 35.4 Å². The lowest BCUT2D eigenvalue weighted by Crippen LogP contribution is -1.99. The average Bonchev–Trinajstić information content (AvgIpc) is 2.86. The monoisotopic (exact) mass is 228 g/mol. The van der Waals surface area contributed by atoms with Crippen molar-refractivity contribution in [1.29, 1.82) is 0 Å². The van der Waals surface area contributed by atoms with E-state index in [9.17, 15) is 5.11 Å². The minimum Gasteiger partial charge on any atom is -0.392 e. The van der Waals surface area contributed by atoms with Gasteiger partial charge in [-0.05, 0) is 28.5 Å². The molecule has 17 heavy (non-hydrogen) atoms. The van der Waals surface area contributed by atoms with Crippen molar-refractivity contribution in [2.75, 3.05) is 0 Å². The molecule has 86 valence electrons. The van der Waals surface area contributed by atoms with Crippen LogP contribution in [0.4, 0.5) is 0 Å². The fourth-order valence-electron chi connectivity index (χ4n) is 2.18. The summed E-state index contributed by atoms with van der Waals surface area (Å²) in [5, 5.41) is 22.0. The van der Waals surface area contributed by atoms with E-state index in [1.54, 1.807) is 4.52 Å². The third-order valence-corrected chi connectivity index (χ3v) is 3.00. The Morgan fingerprint density at radius 2 is 2.18 bits per heavy atom. The van der Waals surface area contributed by atoms with Gasteiger partial charge in [0.25, 0.3) is 0 Å². The van der Waals surface area contributed by atoms with Crippen molar-refractivity contribution < 1.29 is 5.11 Å². The molecule has 3 rings (SSSR count). The molecule has 0 bridgehead atoms. The second kappa shape index (κ2) is 3.78. The van der Waals surface area contributed by atoms with Crippen LogP contribution < -0.4 is 0 Å². The summed E-state index contributed by atoms with van der Waals surface area (Å²) in [5.41, 5.74) is 3.59. The van der Waals surface area contributed by atoms with Gasteiger partial charge in [0.15, 0.2) is 5.65 Å². The van der Waals surface area contributed by atoms with Crippen molar-refractivity contribution in [3.8, 4) is 0 Å². The van der Waals surface area contributed by atoms with E-state index >= 15 is 0 Å². The Bertz CT molecular complexity index is 689. The average molecular weight is 228 g/mol. The van der Waals surface area contributed by atoms with E-state index in [1.165, 1.54) is 5.56 Å². The number of fused-ring (bicyclic) bond motifs is 3. The fraction of sp³-hybridized carbons (Fsp3) is 0.250. The van der Waals surface area contributed by atoms with Crippen LogP contribution in [0.25, 0.3) is 16.6 Å². The van der Waals surface area contributed by atoms with Crippen LogP contribution in [0.5, 0.6) is 0 Å². The van der Waals surface area contributed by atoms with E-state index in [-0.39, 0.29) is 6.61 Å². The second-order valence-corrected chi connectivity index (χ2v) is 3.95. The molecule has 0 spiro atoms. The molecule has 3 aromatic rings. The van der Waals surface area contributed by atoms with E-state index in [1.807, 2.05) is 18.2 Å². The second-order valence-electron chi connectivity index (χ2n) is 3.95. The van der Waals surface area contributed by atoms with Crippen LogP contribution >= 0.6 is 0 Å². The summed E-state index contributed by atoms with van der Waals surface area (Å²) in [6.07, 6.45) is 0.921. The number of nitrogens with zero attached hydrogens (tertiary/aromatic N) is 4. The standard InChI is InChI=1S/C12H12N4O/c1-2-8-4-3-5-9-6-10(7-17)12-13-14-15-16(12)11(8)9/h3-6,17H,2,7H2,1H3. The Hall–Kier alpha value is -2.01. The highest BCUT2D eigenvalue weighted by Crippen LogP contribution is 2.22. The first kappa shape index (κ1) is 10.2. The normalized spacial score (nSPS) is 11.4. The Labute approximate surface area is 97.7 Å². The molecule has 0 radical (unpaired) electrons. The number of aryl methyl sites for hydroxylation is 1. The lowest BCUT2D eigenvalue weighted by molar-refractivity contribution is 0.283. The van der Waals surface area contributed by atoms with E-state index in [4.69, 9.17) is 0 Å². The number of aliphatic hydroxyl groups is 1. The van der Waals surface area contributed by atoms with Crippen molar-refractivity contribution >= 4 is 16.6 Å². The maximum Gasteiger partial charge on any atom is 0.185 e. The Balaban J connectivity index is 2.54. The summed E-state index contributed by atoms with van der Waals surface area (Å²) in [4.78, 5) is 0. The quantitative estimate of drug-likeness (QED) is 0.718. The molecule has 0 aliphatic carbocycles. The smallest absolute Gasteiger partial charge is 0.185 e. The third-order valence-electron chi connectivity index (χ3n) is 3.00. The molecule has 0 aliphatic rings. The van der Waals surface area contributed by atoms with Gasteiger partial charge in [-0.25, -0.2) is 0 Å². The molecule has 0 amide bonds. The highest BCUT2D eigenvalue weighted by molar-refractivity contribution is 5.85. The molecule has 0 unspecified atom stereocenters. The van der Waals surface area contributed by atoms with E-state index in [0.717, 1.165) is 22.9 Å². The van der Waals surface area contributed by atoms with Gasteiger partial charge < -0.3 is 5.11 Å². The summed E-state index contributed by atoms with van der Waals surface area (Å²) >= 11 is 0. The van der Waals surface area contributed by atoms with Crippen LogP contribution in [0, 0.1) is 0 Å². The molecule has 0 saturated heterocycles. The molecule has 0 fully saturated rings. The van der Waals surface area contributed by atoms with Gasteiger partial charge in [-0.3, -0.25) is 0 Å². The highest BCUT2D eigenvalue weighted by atomic mass is 16.3. The number of hydrogen-bond donors (Lipinski definition) is 1. The summed E-state index contributed by atoms with van der Waals surface area (Å²) in [5.74, 6) is 0. The Kier molecular flexibility index (Phi) is 2.26. The number of tetrazole rings is 1. The zero-order chi connectivity index (χ0) is 11.8. The molecule has 1 N–H and O–H groups in total. The van der Waals surface area contributed by atoms with Gasteiger partial charge in [0.2, 0.25) is 0 Å². The van der Waals surface area contributed by atoms with Crippen LogP contribution in [0.1, 0.15) is 18.1 Å². The van der Waals surface area contributed by atoms with Crippen molar-refractivity contribution in [2.45, 2.75) is 20.0 Å². The molecular formula is C12H12N4O. The third kappa shape index (κ3) is 1.39. The highest BCUT2D eigenvalue weighted by Gasteiger charge is 2.11. The largest absolute Gasteiger partial charge is 0.392 e. The minimum atomic E-state index is -0.0594. The molecule has 5 heteroatoms. The van der Waals surface area contributed by atoms with E-state index in [2.05, 4.69) is 28.5 Å². The topological polar surface area (TPSA) is 63.3 Å². The summed E-state index contributed by atoms with van der Waals surface area (Å²) < 4.78 is 1.71. The predicted molar refractivity (Wildman–Crippen MR) is 63.6 cm³/mol. The zero-order valence-corrected chi connectivity index (χ0v) is 9.46. The minimum absolute atomic E-state index is 0.0594. The van der Waals surface area contributed by atoms with E-state index < -0.39 is 0 Å². The van der Waals surface area contributed by atoms with Gasteiger partial charge in [0.05, 0.1) is 12.1 Å². The van der Waals surface area contributed by atoms with Crippen molar-refractivity contribution in [3.63, 3.8) is 0 Å². The van der Waals surface area contributed by atoms with Crippen LogP contribution in [0.15, 0.2) is 24.3 Å². The molecular weight excluding hydrogens is 216 g/mol. The number of hydrogen-bond acceptors (Lipinski definition) is 4. The van der Waals surface area contributed by atoms with Crippen molar-refractivity contribution in [2.24, 2.45) is 0 Å². The molecule has 2 heterocycles. The van der Waals surface area contributed by atoms with E-state index in [0.29, 0.717) is 5.65 Å². The number of pyridine rings is 1. The molecule has 0 aliphatic heterocycles. The number of benzene rings is 1. The summed E-state index contributed by atoms with van der Waals surface area (Å²) in [7, 11) is 0. The molecule has 5 nitrogen and oxygen atoms in total. The van der Waals surface area contributed by atoms with Crippen LogP contribution in [0.2, 0.25) is 0 Å². The Morgan fingerprint density at radius 1 is 1.29 bits per heavy atom. The summed E-state index contributed by atoms with van der Waals surface area (Å²) in [6, 6.07) is 8.04. The molecule has 2 aromatic heterocycles. The summed E-state index contributed by atoms with van der Waals surface area (Å²) in [6.45, 7) is 2.04. The maximum absolute atomic E-state index is 9.33. The fourth-order valence-corrected chi connectivity index (χ4v) is 2.18.